The second-order valence-electron chi connectivity index (χ2n) is 6.35. The zero-order valence-corrected chi connectivity index (χ0v) is 15.4. The number of benzene rings is 1. The third kappa shape index (κ3) is 3.42. The first kappa shape index (κ1) is 17.5. The first-order chi connectivity index (χ1) is 11.9. The van der Waals surface area contributed by atoms with E-state index in [0.29, 0.717) is 6.54 Å². The summed E-state index contributed by atoms with van der Waals surface area (Å²) < 4.78 is 0. The van der Waals surface area contributed by atoms with E-state index in [1.165, 1.54) is 10.5 Å². The monoisotopic (exact) mass is 358 g/mol. The van der Waals surface area contributed by atoms with Gasteiger partial charge in [-0.15, -0.1) is 6.58 Å². The molecular weight excluding hydrogens is 336 g/mol. The molecule has 3 rings (SSSR count). The number of aryl methyl sites for hydroxylation is 1. The number of thioether (sulfide) groups is 1. The van der Waals surface area contributed by atoms with Crippen LogP contribution in [0.3, 0.4) is 0 Å². The molecule has 0 bridgehead atoms. The number of hydrogen-bond acceptors (Lipinski definition) is 5. The number of carbonyl (C=O) groups is 2. The average Bonchev–Trinajstić information content (AvgIpc) is 2.91. The Morgan fingerprint density at radius 3 is 2.88 bits per heavy atom. The second kappa shape index (κ2) is 6.92. The number of imide groups is 1. The van der Waals surface area contributed by atoms with E-state index in [-0.39, 0.29) is 11.2 Å². The Bertz CT molecular complexity index is 748. The van der Waals surface area contributed by atoms with Crippen molar-refractivity contribution in [3.63, 3.8) is 0 Å². The summed E-state index contributed by atoms with van der Waals surface area (Å²) in [5, 5.41) is 3.34. The number of amides is 3. The van der Waals surface area contributed by atoms with Crippen LogP contribution in [0.1, 0.15) is 18.1 Å². The topological polar surface area (TPSA) is 65.0 Å². The van der Waals surface area contributed by atoms with Crippen LogP contribution in [-0.2, 0) is 11.3 Å². The fourth-order valence-corrected chi connectivity index (χ4v) is 3.90. The third-order valence-electron chi connectivity index (χ3n) is 4.38. The van der Waals surface area contributed by atoms with Crippen LogP contribution in [-0.4, -0.2) is 51.4 Å². The summed E-state index contributed by atoms with van der Waals surface area (Å²) in [6.45, 7) is 8.45. The fraction of sp³-hybridized carbons (Fsp3) is 0.389. The second-order valence-corrected chi connectivity index (χ2v) is 7.70. The standard InChI is InChI=1S/C18H22N4O2S/c1-5-12(3)25-18-19-15-14(16(23)20-17(24)21(15)4)22(18)10-13-8-6-7-11(2)9-13/h5-9,12,14-15H,1,10H2,2-4H3,(H,20,23,24). The van der Waals surface area contributed by atoms with Crippen molar-refractivity contribution in [2.75, 3.05) is 7.05 Å². The van der Waals surface area contributed by atoms with Crippen LogP contribution in [0.5, 0.6) is 0 Å². The number of hydrogen-bond donors (Lipinski definition) is 1. The van der Waals surface area contributed by atoms with Gasteiger partial charge in [-0.2, -0.15) is 0 Å². The summed E-state index contributed by atoms with van der Waals surface area (Å²) in [5.41, 5.74) is 2.27. The summed E-state index contributed by atoms with van der Waals surface area (Å²) in [6, 6.07) is 7.26. The highest BCUT2D eigenvalue weighted by atomic mass is 32.2. The molecule has 0 radical (unpaired) electrons. The number of urea groups is 1. The van der Waals surface area contributed by atoms with Gasteiger partial charge in [-0.3, -0.25) is 10.1 Å². The molecule has 0 saturated carbocycles. The van der Waals surface area contributed by atoms with Gasteiger partial charge in [0.05, 0.1) is 0 Å². The minimum Gasteiger partial charge on any atom is -0.331 e. The molecular formula is C18H22N4O2S. The number of nitrogens with one attached hydrogen (secondary N) is 1. The van der Waals surface area contributed by atoms with Gasteiger partial charge in [0.1, 0.15) is 0 Å². The third-order valence-corrected chi connectivity index (χ3v) is 5.50. The Balaban J connectivity index is 1.93. The number of fused-ring (bicyclic) bond motifs is 1. The average molecular weight is 358 g/mol. The van der Waals surface area contributed by atoms with E-state index in [2.05, 4.69) is 23.0 Å². The van der Waals surface area contributed by atoms with Crippen LogP contribution in [0, 0.1) is 6.92 Å². The van der Waals surface area contributed by atoms with Crippen molar-refractivity contribution in [3.8, 4) is 0 Å². The lowest BCUT2D eigenvalue weighted by molar-refractivity contribution is -0.127. The van der Waals surface area contributed by atoms with Crippen molar-refractivity contribution in [1.29, 1.82) is 0 Å². The number of amidine groups is 1. The maximum atomic E-state index is 12.5. The molecule has 0 aliphatic carbocycles. The number of carbonyl (C=O) groups excluding carboxylic acids is 2. The van der Waals surface area contributed by atoms with Gasteiger partial charge in [0, 0.05) is 18.8 Å². The van der Waals surface area contributed by atoms with E-state index in [4.69, 9.17) is 0 Å². The smallest absolute Gasteiger partial charge is 0.325 e. The predicted molar refractivity (Wildman–Crippen MR) is 100 cm³/mol. The highest BCUT2D eigenvalue weighted by molar-refractivity contribution is 8.14. The van der Waals surface area contributed by atoms with Gasteiger partial charge >= 0.3 is 6.03 Å². The fourth-order valence-electron chi connectivity index (χ4n) is 2.99. The molecule has 3 amide bonds. The van der Waals surface area contributed by atoms with Crippen molar-refractivity contribution in [2.24, 2.45) is 4.99 Å². The van der Waals surface area contributed by atoms with E-state index in [1.54, 1.807) is 18.8 Å². The molecule has 6 nitrogen and oxygen atoms in total. The van der Waals surface area contributed by atoms with Crippen LogP contribution in [0.2, 0.25) is 0 Å². The first-order valence-electron chi connectivity index (χ1n) is 8.17. The van der Waals surface area contributed by atoms with E-state index < -0.39 is 18.2 Å². The van der Waals surface area contributed by atoms with Gasteiger partial charge < -0.3 is 9.80 Å². The maximum absolute atomic E-state index is 12.5. The Hall–Kier alpha value is -2.28. The molecule has 1 N–H and O–H groups in total. The van der Waals surface area contributed by atoms with Crippen molar-refractivity contribution >= 4 is 28.9 Å². The molecule has 1 aromatic carbocycles. The number of aliphatic imine (C=N–C) groups is 1. The SMILES string of the molecule is C=CC(C)SC1=NC2C(C(=O)NC(=O)N2C)N1Cc1cccc(C)c1. The summed E-state index contributed by atoms with van der Waals surface area (Å²) in [6.07, 6.45) is 1.35. The van der Waals surface area contributed by atoms with Crippen LogP contribution in [0.4, 0.5) is 4.79 Å². The summed E-state index contributed by atoms with van der Waals surface area (Å²) >= 11 is 1.55. The molecule has 1 aromatic rings. The highest BCUT2D eigenvalue weighted by Gasteiger charge is 2.48. The van der Waals surface area contributed by atoms with E-state index in [0.717, 1.165) is 10.7 Å². The molecule has 2 aliphatic heterocycles. The quantitative estimate of drug-likeness (QED) is 0.839. The molecule has 2 heterocycles. The van der Waals surface area contributed by atoms with Gasteiger partial charge in [0.15, 0.2) is 17.4 Å². The molecule has 0 aromatic heterocycles. The minimum absolute atomic E-state index is 0.156. The molecule has 0 spiro atoms. The van der Waals surface area contributed by atoms with Gasteiger partial charge in [0.2, 0.25) is 0 Å². The Labute approximate surface area is 152 Å². The summed E-state index contributed by atoms with van der Waals surface area (Å²) in [4.78, 5) is 32.6. The van der Waals surface area contributed by atoms with Crippen molar-refractivity contribution in [2.45, 2.75) is 37.8 Å². The Kier molecular flexibility index (Phi) is 4.85. The van der Waals surface area contributed by atoms with Gasteiger partial charge in [-0.25, -0.2) is 9.79 Å². The van der Waals surface area contributed by atoms with E-state index >= 15 is 0 Å². The van der Waals surface area contributed by atoms with Crippen molar-refractivity contribution in [3.05, 3.63) is 48.0 Å². The largest absolute Gasteiger partial charge is 0.331 e. The van der Waals surface area contributed by atoms with Crippen LogP contribution < -0.4 is 5.32 Å². The highest BCUT2D eigenvalue weighted by Crippen LogP contribution is 2.31. The maximum Gasteiger partial charge on any atom is 0.325 e. The van der Waals surface area contributed by atoms with Gasteiger partial charge in [-0.1, -0.05) is 47.7 Å². The predicted octanol–water partition coefficient (Wildman–Crippen LogP) is 2.35. The van der Waals surface area contributed by atoms with E-state index in [9.17, 15) is 9.59 Å². The van der Waals surface area contributed by atoms with Gasteiger partial charge in [0.25, 0.3) is 5.91 Å². The molecule has 1 fully saturated rings. The molecule has 3 atom stereocenters. The van der Waals surface area contributed by atoms with Crippen molar-refractivity contribution < 1.29 is 9.59 Å². The summed E-state index contributed by atoms with van der Waals surface area (Å²) in [5.74, 6) is -0.300. The number of rotatable bonds is 4. The summed E-state index contributed by atoms with van der Waals surface area (Å²) in [7, 11) is 1.67. The Morgan fingerprint density at radius 1 is 1.44 bits per heavy atom. The zero-order chi connectivity index (χ0) is 18.1. The van der Waals surface area contributed by atoms with Crippen LogP contribution in [0.25, 0.3) is 0 Å². The van der Waals surface area contributed by atoms with Gasteiger partial charge in [-0.05, 0) is 19.4 Å². The molecule has 132 valence electrons. The van der Waals surface area contributed by atoms with E-state index in [1.807, 2.05) is 43.0 Å². The van der Waals surface area contributed by atoms with Crippen molar-refractivity contribution in [1.82, 2.24) is 15.1 Å². The minimum atomic E-state index is -0.511. The first-order valence-corrected chi connectivity index (χ1v) is 9.05. The lowest BCUT2D eigenvalue weighted by Gasteiger charge is -2.36. The Morgan fingerprint density at radius 2 is 2.20 bits per heavy atom. The molecule has 7 heteroatoms. The van der Waals surface area contributed by atoms with Crippen LogP contribution in [0.15, 0.2) is 41.9 Å². The molecule has 2 aliphatic rings. The lowest BCUT2D eigenvalue weighted by atomic mass is 10.1. The van der Waals surface area contributed by atoms with Crippen LogP contribution >= 0.6 is 11.8 Å². The zero-order valence-electron chi connectivity index (χ0n) is 14.6. The lowest BCUT2D eigenvalue weighted by Crippen LogP contribution is -2.63. The number of likely N-dealkylation sites (N-methyl/N-ethyl adjacent to an activating group) is 1. The molecule has 25 heavy (non-hydrogen) atoms. The molecule has 1 saturated heterocycles. The normalized spacial score (nSPS) is 23.9. The molecule has 3 unspecified atom stereocenters. The number of nitrogens with zero attached hydrogens (tertiary/aromatic N) is 3.